The molecule has 0 saturated carbocycles. The zero-order valence-electron chi connectivity index (χ0n) is 18.5. The molecule has 0 aromatic heterocycles. The third-order valence-electron chi connectivity index (χ3n) is 2.79. The van der Waals surface area contributed by atoms with Crippen molar-refractivity contribution in [2.24, 2.45) is 0 Å². The van der Waals surface area contributed by atoms with E-state index in [9.17, 15) is 19.8 Å². The molecule has 0 radical (unpaired) electrons. The first-order valence-electron chi connectivity index (χ1n) is 9.38. The molecular formula is C18H34CaO12. The summed E-state index contributed by atoms with van der Waals surface area (Å²) in [6, 6.07) is 0. The van der Waals surface area contributed by atoms with Gasteiger partial charge in [-0.05, 0) is 0 Å². The first-order chi connectivity index (χ1) is 14.5. The Bertz CT molecular complexity index is 339. The van der Waals surface area contributed by atoms with Crippen molar-refractivity contribution in [2.45, 2.75) is 0 Å². The number of aliphatic carboxylic acids is 2. The van der Waals surface area contributed by atoms with E-state index in [0.29, 0.717) is 66.1 Å². The minimum atomic E-state index is -1.22. The molecule has 0 bridgehead atoms. The average molecular weight is 483 g/mol. The van der Waals surface area contributed by atoms with E-state index < -0.39 is 25.2 Å². The number of hydrogen-bond donors (Lipinski definition) is 0. The maximum Gasteiger partial charge on any atom is 2.00 e. The van der Waals surface area contributed by atoms with E-state index in [2.05, 4.69) is 0 Å². The van der Waals surface area contributed by atoms with Crippen LogP contribution in [0.2, 0.25) is 0 Å². The summed E-state index contributed by atoms with van der Waals surface area (Å²) in [5.41, 5.74) is 0. The summed E-state index contributed by atoms with van der Waals surface area (Å²) in [6.07, 6.45) is 0. The van der Waals surface area contributed by atoms with E-state index in [-0.39, 0.29) is 51.0 Å². The van der Waals surface area contributed by atoms with Crippen LogP contribution in [0.4, 0.5) is 0 Å². The molecule has 0 aliphatic heterocycles. The summed E-state index contributed by atoms with van der Waals surface area (Å²) in [6.45, 7) is 4.50. The number of methoxy groups -OCH3 is 2. The van der Waals surface area contributed by atoms with E-state index in [1.54, 1.807) is 14.2 Å². The quantitative estimate of drug-likeness (QED) is 0.111. The second kappa shape index (κ2) is 32.1. The van der Waals surface area contributed by atoms with Crippen LogP contribution in [-0.2, 0) is 47.5 Å². The molecule has 0 aromatic carbocycles. The number of ether oxygens (including phenoxy) is 8. The Morgan fingerprint density at radius 2 is 0.710 bits per heavy atom. The van der Waals surface area contributed by atoms with Crippen molar-refractivity contribution < 1.29 is 57.7 Å². The summed E-state index contributed by atoms with van der Waals surface area (Å²) >= 11 is 0. The van der Waals surface area contributed by atoms with Gasteiger partial charge < -0.3 is 57.7 Å². The number of carbonyl (C=O) groups is 2. The Balaban J connectivity index is -0.000000490. The maximum absolute atomic E-state index is 9.93. The van der Waals surface area contributed by atoms with Gasteiger partial charge in [0.1, 0.15) is 0 Å². The van der Waals surface area contributed by atoms with Gasteiger partial charge in [0.25, 0.3) is 0 Å². The van der Waals surface area contributed by atoms with E-state index in [1.807, 2.05) is 0 Å². The molecule has 180 valence electrons. The fourth-order valence-corrected chi connectivity index (χ4v) is 1.48. The maximum atomic E-state index is 9.93. The molecule has 12 nitrogen and oxygen atoms in total. The molecule has 0 fully saturated rings. The minimum Gasteiger partial charge on any atom is -0.548 e. The van der Waals surface area contributed by atoms with Crippen molar-refractivity contribution in [3.05, 3.63) is 0 Å². The van der Waals surface area contributed by atoms with Gasteiger partial charge in [-0.1, -0.05) is 0 Å². The summed E-state index contributed by atoms with van der Waals surface area (Å²) in [5, 5.41) is 19.9. The largest absolute Gasteiger partial charge is 2.00 e. The number of rotatable bonds is 22. The molecule has 0 heterocycles. The van der Waals surface area contributed by atoms with Crippen LogP contribution in [0.3, 0.4) is 0 Å². The van der Waals surface area contributed by atoms with Crippen LogP contribution in [-0.4, -0.2) is 156 Å². The summed E-state index contributed by atoms with van der Waals surface area (Å²) < 4.78 is 39.4. The van der Waals surface area contributed by atoms with Crippen LogP contribution < -0.4 is 10.2 Å². The van der Waals surface area contributed by atoms with Gasteiger partial charge in [-0.2, -0.15) is 0 Å². The number of carboxylic acids is 2. The molecule has 0 spiro atoms. The SMILES string of the molecule is COCCOCCOCCOCC(=O)[O-].COCCOCCOCCOCC(=O)[O-].[Ca+2]. The third kappa shape index (κ3) is 40.7. The van der Waals surface area contributed by atoms with Crippen LogP contribution in [0.15, 0.2) is 0 Å². The smallest absolute Gasteiger partial charge is 0.548 e. The van der Waals surface area contributed by atoms with E-state index in [1.165, 1.54) is 0 Å². The van der Waals surface area contributed by atoms with Crippen molar-refractivity contribution in [3.63, 3.8) is 0 Å². The van der Waals surface area contributed by atoms with Gasteiger partial charge in [0.05, 0.1) is 104 Å². The Morgan fingerprint density at radius 1 is 0.484 bits per heavy atom. The van der Waals surface area contributed by atoms with Gasteiger partial charge in [0.15, 0.2) is 0 Å². The summed E-state index contributed by atoms with van der Waals surface area (Å²) in [4.78, 5) is 19.9. The minimum absolute atomic E-state index is 0. The van der Waals surface area contributed by atoms with Gasteiger partial charge in [0, 0.05) is 14.2 Å². The van der Waals surface area contributed by atoms with Crippen LogP contribution >= 0.6 is 0 Å². The fraction of sp³-hybridized carbons (Fsp3) is 0.889. The molecule has 0 aliphatic rings. The first-order valence-corrected chi connectivity index (χ1v) is 9.38. The van der Waals surface area contributed by atoms with Gasteiger partial charge >= 0.3 is 37.7 Å². The van der Waals surface area contributed by atoms with Crippen molar-refractivity contribution in [1.29, 1.82) is 0 Å². The average Bonchev–Trinajstić information content (AvgIpc) is 2.71. The zero-order valence-corrected chi connectivity index (χ0v) is 20.7. The fourth-order valence-electron chi connectivity index (χ4n) is 1.48. The topological polar surface area (TPSA) is 154 Å². The van der Waals surface area contributed by atoms with E-state index in [4.69, 9.17) is 37.9 Å². The molecule has 0 rings (SSSR count). The van der Waals surface area contributed by atoms with Gasteiger partial charge in [-0.15, -0.1) is 0 Å². The second-order valence-electron chi connectivity index (χ2n) is 5.28. The molecule has 0 atom stereocenters. The van der Waals surface area contributed by atoms with Crippen LogP contribution in [0, 0.1) is 0 Å². The van der Waals surface area contributed by atoms with E-state index in [0.717, 1.165) is 0 Å². The number of carboxylic acid groups (broad SMARTS) is 2. The van der Waals surface area contributed by atoms with Crippen molar-refractivity contribution >= 4 is 49.7 Å². The van der Waals surface area contributed by atoms with Crippen LogP contribution in [0.1, 0.15) is 0 Å². The molecule has 0 saturated heterocycles. The van der Waals surface area contributed by atoms with Crippen molar-refractivity contribution in [2.75, 3.05) is 107 Å². The van der Waals surface area contributed by atoms with Crippen LogP contribution in [0.25, 0.3) is 0 Å². The van der Waals surface area contributed by atoms with Gasteiger partial charge in [0.2, 0.25) is 0 Å². The predicted molar refractivity (Wildman–Crippen MR) is 104 cm³/mol. The summed E-state index contributed by atoms with van der Waals surface area (Å²) in [7, 11) is 3.21. The predicted octanol–water partition coefficient (Wildman–Crippen LogP) is -3.52. The standard InChI is InChI=1S/2C9H18O6.Ca/c2*1-12-2-3-13-4-5-14-6-7-15-8-9(10)11;/h2*2-8H2,1H3,(H,10,11);/q;;+2/p-2. The van der Waals surface area contributed by atoms with Gasteiger partial charge in [-0.25, -0.2) is 0 Å². The molecule has 0 unspecified atom stereocenters. The molecule has 0 N–H and O–H groups in total. The Morgan fingerprint density at radius 3 is 0.935 bits per heavy atom. The van der Waals surface area contributed by atoms with Crippen molar-refractivity contribution in [3.8, 4) is 0 Å². The Labute approximate surface area is 213 Å². The van der Waals surface area contributed by atoms with E-state index >= 15 is 0 Å². The Hall–Kier alpha value is -0.120. The molecule has 13 heteroatoms. The molecular weight excluding hydrogens is 448 g/mol. The molecule has 0 aliphatic carbocycles. The normalized spacial score (nSPS) is 10.1. The second-order valence-corrected chi connectivity index (χ2v) is 5.28. The third-order valence-corrected chi connectivity index (χ3v) is 2.79. The Kier molecular flexibility index (Phi) is 36.7. The summed E-state index contributed by atoms with van der Waals surface area (Å²) in [5.74, 6) is -2.45. The molecule has 0 amide bonds. The number of hydrogen-bond acceptors (Lipinski definition) is 12. The zero-order chi connectivity index (χ0) is 22.7. The first kappa shape index (κ1) is 35.5. The molecule has 0 aromatic rings. The van der Waals surface area contributed by atoms with Crippen LogP contribution in [0.5, 0.6) is 0 Å². The number of carbonyl (C=O) groups excluding carboxylic acids is 2. The van der Waals surface area contributed by atoms with Gasteiger partial charge in [-0.3, -0.25) is 0 Å². The van der Waals surface area contributed by atoms with Crippen molar-refractivity contribution in [1.82, 2.24) is 0 Å². The monoisotopic (exact) mass is 482 g/mol. The molecule has 31 heavy (non-hydrogen) atoms.